The van der Waals surface area contributed by atoms with Crippen LogP contribution < -0.4 is 21.7 Å². The van der Waals surface area contributed by atoms with Gasteiger partial charge in [-0.3, -0.25) is 9.59 Å². The molecule has 0 bridgehead atoms. The number of hydrogen-bond donors (Lipinski definition) is 4. The van der Waals surface area contributed by atoms with E-state index in [1.807, 2.05) is 9.47 Å². The summed E-state index contributed by atoms with van der Waals surface area (Å²) in [7, 11) is 0. The summed E-state index contributed by atoms with van der Waals surface area (Å²) in [5.74, 6) is 0.633. The van der Waals surface area contributed by atoms with Gasteiger partial charge in [-0.1, -0.05) is 12.8 Å². The maximum absolute atomic E-state index is 12.7. The summed E-state index contributed by atoms with van der Waals surface area (Å²) >= 11 is 0. The predicted octanol–water partition coefficient (Wildman–Crippen LogP) is 1.06. The van der Waals surface area contributed by atoms with Crippen LogP contribution in [-0.4, -0.2) is 82.0 Å². The fourth-order valence-corrected chi connectivity index (χ4v) is 4.24. The minimum atomic E-state index is 0.0407. The van der Waals surface area contributed by atoms with Crippen LogP contribution in [0.1, 0.15) is 57.8 Å². The van der Waals surface area contributed by atoms with Crippen molar-refractivity contribution in [3.8, 4) is 0 Å². The van der Waals surface area contributed by atoms with Gasteiger partial charge in [0, 0.05) is 52.1 Å². The van der Waals surface area contributed by atoms with Gasteiger partial charge >= 0.3 is 0 Å². The van der Waals surface area contributed by atoms with Crippen LogP contribution in [0.25, 0.3) is 11.2 Å². The number of anilines is 1. The molecule has 3 rings (SSSR count). The Balaban J connectivity index is 1.24. The van der Waals surface area contributed by atoms with E-state index in [0.29, 0.717) is 49.3 Å². The molecule has 1 saturated heterocycles. The predicted molar refractivity (Wildman–Crippen MR) is 137 cm³/mol. The van der Waals surface area contributed by atoms with Crippen molar-refractivity contribution in [1.82, 2.24) is 40.4 Å². The van der Waals surface area contributed by atoms with E-state index in [0.717, 1.165) is 58.5 Å². The SMILES string of the molecule is Nc1ncnc2c1ncn2CCCC(=O)NCCCCCC(=O)N1CCNCCCCCNCC1. The summed E-state index contributed by atoms with van der Waals surface area (Å²) in [6.45, 7) is 6.59. The molecule has 194 valence electrons. The van der Waals surface area contributed by atoms with E-state index >= 15 is 0 Å². The first kappa shape index (κ1) is 26.8. The number of aromatic nitrogens is 4. The van der Waals surface area contributed by atoms with Gasteiger partial charge in [0.2, 0.25) is 11.8 Å². The molecule has 1 aliphatic heterocycles. The summed E-state index contributed by atoms with van der Waals surface area (Å²) in [6.07, 6.45) is 11.1. The molecule has 3 heterocycles. The molecule has 0 saturated carbocycles. The van der Waals surface area contributed by atoms with Crippen molar-refractivity contribution in [2.45, 2.75) is 64.3 Å². The minimum Gasteiger partial charge on any atom is -0.382 e. The highest BCUT2D eigenvalue weighted by Crippen LogP contribution is 2.14. The third-order valence-electron chi connectivity index (χ3n) is 6.30. The molecule has 0 aromatic carbocycles. The Morgan fingerprint density at radius 3 is 2.46 bits per heavy atom. The molecule has 2 amide bonds. The molecule has 1 aliphatic rings. The zero-order valence-electron chi connectivity index (χ0n) is 20.8. The molecule has 0 spiro atoms. The van der Waals surface area contributed by atoms with Gasteiger partial charge in [-0.25, -0.2) is 15.0 Å². The summed E-state index contributed by atoms with van der Waals surface area (Å²) in [4.78, 5) is 39.2. The lowest BCUT2D eigenvalue weighted by atomic mass is 10.1. The van der Waals surface area contributed by atoms with Crippen LogP contribution in [0.2, 0.25) is 0 Å². The second-order valence-electron chi connectivity index (χ2n) is 9.07. The average molecular weight is 488 g/mol. The molecule has 0 radical (unpaired) electrons. The molecule has 0 aliphatic carbocycles. The van der Waals surface area contributed by atoms with Crippen LogP contribution in [-0.2, 0) is 16.1 Å². The molecule has 2 aromatic heterocycles. The monoisotopic (exact) mass is 487 g/mol. The lowest BCUT2D eigenvalue weighted by Gasteiger charge is -2.24. The number of nitrogens with zero attached hydrogens (tertiary/aromatic N) is 5. The molecule has 1 fully saturated rings. The van der Waals surface area contributed by atoms with E-state index in [1.165, 1.54) is 25.6 Å². The van der Waals surface area contributed by atoms with Gasteiger partial charge in [0.25, 0.3) is 0 Å². The molecular weight excluding hydrogens is 446 g/mol. The zero-order chi connectivity index (χ0) is 24.7. The molecule has 2 aromatic rings. The highest BCUT2D eigenvalue weighted by molar-refractivity contribution is 5.81. The average Bonchev–Trinajstić information content (AvgIpc) is 3.26. The number of aryl methyl sites for hydroxylation is 1. The van der Waals surface area contributed by atoms with Gasteiger partial charge in [-0.05, 0) is 45.2 Å². The topological polar surface area (TPSA) is 143 Å². The van der Waals surface area contributed by atoms with Gasteiger partial charge in [0.05, 0.1) is 6.33 Å². The first-order chi connectivity index (χ1) is 17.1. The number of unbranched alkanes of at least 4 members (excludes halogenated alkanes) is 2. The van der Waals surface area contributed by atoms with Crippen LogP contribution in [0, 0.1) is 0 Å². The van der Waals surface area contributed by atoms with Crippen LogP contribution in [0.5, 0.6) is 0 Å². The van der Waals surface area contributed by atoms with Crippen LogP contribution in [0.4, 0.5) is 5.82 Å². The number of nitrogen functional groups attached to an aromatic ring is 1. The van der Waals surface area contributed by atoms with E-state index in [4.69, 9.17) is 5.73 Å². The number of imidazole rings is 1. The Kier molecular flexibility index (Phi) is 11.7. The number of fused-ring (bicyclic) bond motifs is 1. The third-order valence-corrected chi connectivity index (χ3v) is 6.30. The number of nitrogens with two attached hydrogens (primary N) is 1. The van der Waals surface area contributed by atoms with Crippen LogP contribution in [0.15, 0.2) is 12.7 Å². The van der Waals surface area contributed by atoms with Crippen molar-refractivity contribution in [1.29, 1.82) is 0 Å². The maximum Gasteiger partial charge on any atom is 0.222 e. The van der Waals surface area contributed by atoms with Crippen LogP contribution in [0.3, 0.4) is 0 Å². The highest BCUT2D eigenvalue weighted by Gasteiger charge is 2.13. The van der Waals surface area contributed by atoms with Crippen molar-refractivity contribution >= 4 is 28.8 Å². The van der Waals surface area contributed by atoms with E-state index in [-0.39, 0.29) is 11.8 Å². The van der Waals surface area contributed by atoms with E-state index in [2.05, 4.69) is 30.9 Å². The summed E-state index contributed by atoms with van der Waals surface area (Å²) in [6, 6.07) is 0. The summed E-state index contributed by atoms with van der Waals surface area (Å²) in [5.41, 5.74) is 7.08. The first-order valence-corrected chi connectivity index (χ1v) is 13.0. The van der Waals surface area contributed by atoms with Gasteiger partial charge in [-0.2, -0.15) is 0 Å². The van der Waals surface area contributed by atoms with Crippen molar-refractivity contribution in [3.63, 3.8) is 0 Å². The largest absolute Gasteiger partial charge is 0.382 e. The molecule has 5 N–H and O–H groups in total. The molecule has 11 nitrogen and oxygen atoms in total. The number of hydrogen-bond acceptors (Lipinski definition) is 8. The Labute approximate surface area is 207 Å². The minimum absolute atomic E-state index is 0.0407. The lowest BCUT2D eigenvalue weighted by molar-refractivity contribution is -0.131. The number of nitrogens with one attached hydrogen (secondary N) is 3. The standard InChI is InChI=1S/C24H41N9O2/c25-23-22-24(30-18-29-23)33(19-31-22)15-7-8-20(34)28-12-6-1-3-9-21(35)32-16-13-26-10-4-2-5-11-27-14-17-32/h18-19,26-27H,1-17H2,(H,28,34)(H2,25,29,30). The van der Waals surface area contributed by atoms with E-state index in [9.17, 15) is 9.59 Å². The fourth-order valence-electron chi connectivity index (χ4n) is 4.24. The van der Waals surface area contributed by atoms with Gasteiger partial charge in [-0.15, -0.1) is 0 Å². The Morgan fingerprint density at radius 2 is 1.69 bits per heavy atom. The summed E-state index contributed by atoms with van der Waals surface area (Å²) in [5, 5.41) is 9.87. The Bertz CT molecular complexity index is 906. The Morgan fingerprint density at radius 1 is 0.914 bits per heavy atom. The number of rotatable bonds is 10. The maximum atomic E-state index is 12.7. The number of carbonyl (C=O) groups excluding carboxylic acids is 2. The van der Waals surface area contributed by atoms with Crippen molar-refractivity contribution in [2.24, 2.45) is 0 Å². The molecule has 0 atom stereocenters. The number of amides is 2. The molecular formula is C24H41N9O2. The van der Waals surface area contributed by atoms with Gasteiger partial charge in [0.1, 0.15) is 11.8 Å². The van der Waals surface area contributed by atoms with Crippen molar-refractivity contribution in [3.05, 3.63) is 12.7 Å². The molecule has 35 heavy (non-hydrogen) atoms. The fraction of sp³-hybridized carbons (Fsp3) is 0.708. The van der Waals surface area contributed by atoms with Gasteiger partial charge < -0.3 is 31.2 Å². The van der Waals surface area contributed by atoms with E-state index < -0.39 is 0 Å². The van der Waals surface area contributed by atoms with Crippen LogP contribution >= 0.6 is 0 Å². The second-order valence-corrected chi connectivity index (χ2v) is 9.07. The Hall–Kier alpha value is -2.79. The first-order valence-electron chi connectivity index (χ1n) is 13.0. The molecule has 0 unspecified atom stereocenters. The third kappa shape index (κ3) is 9.41. The second kappa shape index (κ2) is 15.3. The number of carbonyl (C=O) groups is 2. The van der Waals surface area contributed by atoms with E-state index in [1.54, 1.807) is 6.33 Å². The highest BCUT2D eigenvalue weighted by atomic mass is 16.2. The lowest BCUT2D eigenvalue weighted by Crippen LogP contribution is -2.41. The zero-order valence-corrected chi connectivity index (χ0v) is 20.8. The smallest absolute Gasteiger partial charge is 0.222 e. The summed E-state index contributed by atoms with van der Waals surface area (Å²) < 4.78 is 1.89. The van der Waals surface area contributed by atoms with Crippen molar-refractivity contribution < 1.29 is 9.59 Å². The van der Waals surface area contributed by atoms with Gasteiger partial charge in [0.15, 0.2) is 11.5 Å². The molecule has 11 heteroatoms. The normalized spacial score (nSPS) is 15.9. The quantitative estimate of drug-likeness (QED) is 0.364. The van der Waals surface area contributed by atoms with Crippen molar-refractivity contribution in [2.75, 3.05) is 51.5 Å².